The highest BCUT2D eigenvalue weighted by molar-refractivity contribution is 6.30. The van der Waals surface area contributed by atoms with E-state index in [0.717, 1.165) is 18.4 Å². The van der Waals surface area contributed by atoms with Crippen LogP contribution in [0, 0.1) is 0 Å². The summed E-state index contributed by atoms with van der Waals surface area (Å²) in [6.45, 7) is 2.19. The molecule has 1 aromatic rings. The van der Waals surface area contributed by atoms with E-state index < -0.39 is 11.9 Å². The fourth-order valence-electron chi connectivity index (χ4n) is 2.28. The highest BCUT2D eigenvalue weighted by Crippen LogP contribution is 2.25. The second-order valence-electron chi connectivity index (χ2n) is 5.00. The van der Waals surface area contributed by atoms with Gasteiger partial charge in [-0.2, -0.15) is 0 Å². The standard InChI is InChI=1S/C16H23ClO2/c1-2-3-4-5-6-7-11-15(16(18)19)13-9-8-10-14(17)12-13/h8-10,12,15H,2-7,11H2,1H3,(H,18,19). The number of rotatable bonds is 9. The Morgan fingerprint density at radius 3 is 2.53 bits per heavy atom. The summed E-state index contributed by atoms with van der Waals surface area (Å²) in [5, 5.41) is 9.92. The summed E-state index contributed by atoms with van der Waals surface area (Å²) < 4.78 is 0. The Kier molecular flexibility index (Phi) is 7.57. The van der Waals surface area contributed by atoms with Gasteiger partial charge in [0, 0.05) is 5.02 Å². The Bertz CT molecular complexity index is 390. The molecule has 1 aromatic carbocycles. The van der Waals surface area contributed by atoms with Crippen LogP contribution in [-0.2, 0) is 4.79 Å². The van der Waals surface area contributed by atoms with Crippen LogP contribution in [0.1, 0.15) is 63.4 Å². The lowest BCUT2D eigenvalue weighted by molar-refractivity contribution is -0.139. The van der Waals surface area contributed by atoms with Crippen molar-refractivity contribution in [3.8, 4) is 0 Å². The molecule has 19 heavy (non-hydrogen) atoms. The second kappa shape index (κ2) is 8.98. The summed E-state index contributed by atoms with van der Waals surface area (Å²) in [5.74, 6) is -1.18. The van der Waals surface area contributed by atoms with Crippen LogP contribution in [0.2, 0.25) is 5.02 Å². The second-order valence-corrected chi connectivity index (χ2v) is 5.44. The number of carboxylic acid groups (broad SMARTS) is 1. The Morgan fingerprint density at radius 2 is 1.89 bits per heavy atom. The van der Waals surface area contributed by atoms with Crippen molar-refractivity contribution >= 4 is 17.6 Å². The first-order chi connectivity index (χ1) is 9.15. The van der Waals surface area contributed by atoms with Crippen molar-refractivity contribution < 1.29 is 9.90 Å². The van der Waals surface area contributed by atoms with E-state index >= 15 is 0 Å². The predicted molar refractivity (Wildman–Crippen MR) is 79.8 cm³/mol. The monoisotopic (exact) mass is 282 g/mol. The molecule has 1 rings (SSSR count). The molecule has 0 radical (unpaired) electrons. The Morgan fingerprint density at radius 1 is 1.21 bits per heavy atom. The van der Waals surface area contributed by atoms with E-state index in [0.29, 0.717) is 11.4 Å². The summed E-state index contributed by atoms with van der Waals surface area (Å²) >= 11 is 5.92. The van der Waals surface area contributed by atoms with Crippen LogP contribution in [0.15, 0.2) is 24.3 Å². The molecule has 1 atom stereocenters. The van der Waals surface area contributed by atoms with Crippen LogP contribution in [0.4, 0.5) is 0 Å². The first-order valence-corrected chi connectivity index (χ1v) is 7.51. The molecule has 0 aliphatic carbocycles. The number of unbranched alkanes of at least 4 members (excludes halogenated alkanes) is 5. The zero-order chi connectivity index (χ0) is 14.1. The molecule has 0 aliphatic heterocycles. The molecule has 0 bridgehead atoms. The van der Waals surface area contributed by atoms with Gasteiger partial charge in [-0.25, -0.2) is 0 Å². The maximum Gasteiger partial charge on any atom is 0.310 e. The number of hydrogen-bond acceptors (Lipinski definition) is 1. The van der Waals surface area contributed by atoms with Gasteiger partial charge in [0.05, 0.1) is 5.92 Å². The van der Waals surface area contributed by atoms with E-state index in [9.17, 15) is 9.90 Å². The van der Waals surface area contributed by atoms with E-state index in [1.165, 1.54) is 25.7 Å². The predicted octanol–water partition coefficient (Wildman–Crippen LogP) is 5.26. The highest BCUT2D eigenvalue weighted by Gasteiger charge is 2.19. The molecule has 0 aromatic heterocycles. The van der Waals surface area contributed by atoms with Gasteiger partial charge in [0.15, 0.2) is 0 Å². The van der Waals surface area contributed by atoms with Gasteiger partial charge in [-0.3, -0.25) is 4.79 Å². The van der Waals surface area contributed by atoms with Gasteiger partial charge >= 0.3 is 5.97 Å². The molecule has 0 amide bonds. The van der Waals surface area contributed by atoms with Crippen LogP contribution < -0.4 is 0 Å². The van der Waals surface area contributed by atoms with E-state index in [-0.39, 0.29) is 0 Å². The van der Waals surface area contributed by atoms with E-state index in [1.54, 1.807) is 12.1 Å². The SMILES string of the molecule is CCCCCCCCC(C(=O)O)c1cccc(Cl)c1. The lowest BCUT2D eigenvalue weighted by Gasteiger charge is -2.13. The van der Waals surface area contributed by atoms with Crippen LogP contribution in [0.3, 0.4) is 0 Å². The van der Waals surface area contributed by atoms with Gasteiger partial charge in [0.1, 0.15) is 0 Å². The maximum atomic E-state index is 11.3. The molecule has 0 heterocycles. The third-order valence-electron chi connectivity index (χ3n) is 3.40. The lowest BCUT2D eigenvalue weighted by Crippen LogP contribution is -2.11. The number of carboxylic acids is 1. The van der Waals surface area contributed by atoms with Gasteiger partial charge in [-0.1, -0.05) is 69.2 Å². The number of aliphatic carboxylic acids is 1. The van der Waals surface area contributed by atoms with Gasteiger partial charge in [-0.05, 0) is 24.1 Å². The first kappa shape index (κ1) is 16.0. The molecular formula is C16H23ClO2. The van der Waals surface area contributed by atoms with Crippen molar-refractivity contribution in [1.29, 1.82) is 0 Å². The average Bonchev–Trinajstić information content (AvgIpc) is 2.37. The summed E-state index contributed by atoms with van der Waals surface area (Å²) in [4.78, 5) is 11.3. The minimum absolute atomic E-state index is 0.426. The minimum atomic E-state index is -0.754. The van der Waals surface area contributed by atoms with Gasteiger partial charge in [0.2, 0.25) is 0 Å². The summed E-state index contributed by atoms with van der Waals surface area (Å²) in [5.41, 5.74) is 0.813. The normalized spacial score (nSPS) is 12.3. The third kappa shape index (κ3) is 6.11. The molecule has 0 saturated heterocycles. The lowest BCUT2D eigenvalue weighted by atomic mass is 9.93. The van der Waals surface area contributed by atoms with Crippen molar-refractivity contribution in [2.24, 2.45) is 0 Å². The zero-order valence-electron chi connectivity index (χ0n) is 11.6. The number of carbonyl (C=O) groups is 1. The Balaban J connectivity index is 2.44. The quantitative estimate of drug-likeness (QED) is 0.627. The maximum absolute atomic E-state index is 11.3. The molecule has 0 saturated carbocycles. The fraction of sp³-hybridized carbons (Fsp3) is 0.562. The molecule has 3 heteroatoms. The topological polar surface area (TPSA) is 37.3 Å². The number of halogens is 1. The molecule has 106 valence electrons. The molecule has 0 fully saturated rings. The largest absolute Gasteiger partial charge is 0.481 e. The average molecular weight is 283 g/mol. The molecule has 1 N–H and O–H groups in total. The van der Waals surface area contributed by atoms with Crippen molar-refractivity contribution in [2.75, 3.05) is 0 Å². The van der Waals surface area contributed by atoms with Crippen molar-refractivity contribution in [2.45, 2.75) is 57.8 Å². The van der Waals surface area contributed by atoms with Crippen molar-refractivity contribution in [1.82, 2.24) is 0 Å². The van der Waals surface area contributed by atoms with E-state index in [4.69, 9.17) is 11.6 Å². The molecule has 0 aliphatic rings. The molecule has 0 spiro atoms. The molecular weight excluding hydrogens is 260 g/mol. The van der Waals surface area contributed by atoms with E-state index in [1.807, 2.05) is 12.1 Å². The van der Waals surface area contributed by atoms with Gasteiger partial charge < -0.3 is 5.11 Å². The summed E-state index contributed by atoms with van der Waals surface area (Å²) in [7, 11) is 0. The van der Waals surface area contributed by atoms with Crippen LogP contribution >= 0.6 is 11.6 Å². The third-order valence-corrected chi connectivity index (χ3v) is 3.63. The minimum Gasteiger partial charge on any atom is -0.481 e. The summed E-state index contributed by atoms with van der Waals surface area (Å²) in [6, 6.07) is 7.20. The van der Waals surface area contributed by atoms with Crippen molar-refractivity contribution in [3.63, 3.8) is 0 Å². The molecule has 2 nitrogen and oxygen atoms in total. The van der Waals surface area contributed by atoms with Gasteiger partial charge in [0.25, 0.3) is 0 Å². The summed E-state index contributed by atoms with van der Waals surface area (Å²) in [6.07, 6.45) is 7.75. The van der Waals surface area contributed by atoms with Crippen LogP contribution in [0.25, 0.3) is 0 Å². The zero-order valence-corrected chi connectivity index (χ0v) is 12.3. The van der Waals surface area contributed by atoms with Gasteiger partial charge in [-0.15, -0.1) is 0 Å². The van der Waals surface area contributed by atoms with Crippen molar-refractivity contribution in [3.05, 3.63) is 34.9 Å². The Hall–Kier alpha value is -1.02. The van der Waals surface area contributed by atoms with Crippen LogP contribution in [-0.4, -0.2) is 11.1 Å². The number of benzene rings is 1. The molecule has 1 unspecified atom stereocenters. The van der Waals surface area contributed by atoms with E-state index in [2.05, 4.69) is 6.92 Å². The highest BCUT2D eigenvalue weighted by atomic mass is 35.5. The fourth-order valence-corrected chi connectivity index (χ4v) is 2.48. The first-order valence-electron chi connectivity index (χ1n) is 7.13. The Labute approximate surface area is 120 Å². The smallest absolute Gasteiger partial charge is 0.310 e. The number of hydrogen-bond donors (Lipinski definition) is 1. The van der Waals surface area contributed by atoms with Crippen LogP contribution in [0.5, 0.6) is 0 Å².